The summed E-state index contributed by atoms with van der Waals surface area (Å²) in [5, 5.41) is 17.7. The third-order valence-electron chi connectivity index (χ3n) is 2.65. The van der Waals surface area contributed by atoms with Crippen LogP contribution in [0.3, 0.4) is 0 Å². The molecule has 0 amide bonds. The average Bonchev–Trinajstić information content (AvgIpc) is 2.34. The third kappa shape index (κ3) is 10.1. The molecule has 5 heteroatoms. The summed E-state index contributed by atoms with van der Waals surface area (Å²) in [6, 6.07) is 0. The van der Waals surface area contributed by atoms with Gasteiger partial charge in [-0.3, -0.25) is 4.79 Å². The summed E-state index contributed by atoms with van der Waals surface area (Å²) in [4.78, 5) is 21.5. The standard InChI is InChI=1S/C13H24O5/c1-2-3-4-5-6-7-10-18-13(17)11(14)8-9-12(15)16/h11,14H,2-10H2,1H3,(H,15,16)/t11-/m0/s1. The highest BCUT2D eigenvalue weighted by molar-refractivity contribution is 5.75. The number of carboxylic acid groups (broad SMARTS) is 1. The van der Waals surface area contributed by atoms with Gasteiger partial charge in [0.1, 0.15) is 0 Å². The predicted molar refractivity (Wildman–Crippen MR) is 67.2 cm³/mol. The molecule has 0 aromatic carbocycles. The van der Waals surface area contributed by atoms with Gasteiger partial charge in [0.25, 0.3) is 0 Å². The predicted octanol–water partition coefficient (Wildman–Crippen LogP) is 2.12. The molecule has 2 N–H and O–H groups in total. The summed E-state index contributed by atoms with van der Waals surface area (Å²) >= 11 is 0. The monoisotopic (exact) mass is 260 g/mol. The average molecular weight is 260 g/mol. The molecule has 0 aromatic rings. The number of hydrogen-bond acceptors (Lipinski definition) is 4. The third-order valence-corrected chi connectivity index (χ3v) is 2.65. The van der Waals surface area contributed by atoms with Gasteiger partial charge in [0, 0.05) is 6.42 Å². The minimum Gasteiger partial charge on any atom is -0.481 e. The number of aliphatic hydroxyl groups is 1. The Hall–Kier alpha value is -1.10. The van der Waals surface area contributed by atoms with Gasteiger partial charge >= 0.3 is 11.9 Å². The van der Waals surface area contributed by atoms with E-state index in [9.17, 15) is 14.7 Å². The van der Waals surface area contributed by atoms with E-state index >= 15 is 0 Å². The zero-order valence-electron chi connectivity index (χ0n) is 11.1. The van der Waals surface area contributed by atoms with Gasteiger partial charge in [-0.2, -0.15) is 0 Å². The topological polar surface area (TPSA) is 83.8 Å². The van der Waals surface area contributed by atoms with Crippen LogP contribution in [0.2, 0.25) is 0 Å². The van der Waals surface area contributed by atoms with Crippen molar-refractivity contribution in [2.75, 3.05) is 6.61 Å². The van der Waals surface area contributed by atoms with Crippen molar-refractivity contribution >= 4 is 11.9 Å². The molecular formula is C13H24O5. The summed E-state index contributed by atoms with van der Waals surface area (Å²) in [5.74, 6) is -1.75. The first-order chi connectivity index (χ1) is 8.57. The van der Waals surface area contributed by atoms with Crippen LogP contribution in [0, 0.1) is 0 Å². The van der Waals surface area contributed by atoms with Gasteiger partial charge in [0.05, 0.1) is 6.61 Å². The van der Waals surface area contributed by atoms with Crippen molar-refractivity contribution < 1.29 is 24.5 Å². The summed E-state index contributed by atoms with van der Waals surface area (Å²) in [5.41, 5.74) is 0. The first-order valence-electron chi connectivity index (χ1n) is 6.64. The van der Waals surface area contributed by atoms with Gasteiger partial charge in [-0.05, 0) is 12.8 Å². The highest BCUT2D eigenvalue weighted by atomic mass is 16.5. The van der Waals surface area contributed by atoms with Crippen LogP contribution in [0.15, 0.2) is 0 Å². The lowest BCUT2D eigenvalue weighted by atomic mass is 10.1. The van der Waals surface area contributed by atoms with Crippen molar-refractivity contribution in [2.24, 2.45) is 0 Å². The van der Waals surface area contributed by atoms with E-state index < -0.39 is 18.0 Å². The molecule has 1 atom stereocenters. The van der Waals surface area contributed by atoms with Gasteiger partial charge in [-0.1, -0.05) is 39.0 Å². The molecule has 0 heterocycles. The Morgan fingerprint density at radius 3 is 2.33 bits per heavy atom. The SMILES string of the molecule is CCCCCCCCOC(=O)[C@@H](O)CCC(=O)O. The number of carboxylic acids is 1. The first kappa shape index (κ1) is 16.9. The van der Waals surface area contributed by atoms with Crippen LogP contribution >= 0.6 is 0 Å². The smallest absolute Gasteiger partial charge is 0.334 e. The molecule has 0 fully saturated rings. The van der Waals surface area contributed by atoms with Crippen molar-refractivity contribution in [3.63, 3.8) is 0 Å². The molecule has 0 aliphatic carbocycles. The molecule has 0 radical (unpaired) electrons. The molecule has 106 valence electrons. The van der Waals surface area contributed by atoms with Crippen molar-refractivity contribution in [3.05, 3.63) is 0 Å². The normalized spacial score (nSPS) is 12.1. The van der Waals surface area contributed by atoms with Crippen molar-refractivity contribution in [1.29, 1.82) is 0 Å². The lowest BCUT2D eigenvalue weighted by molar-refractivity contribution is -0.154. The van der Waals surface area contributed by atoms with Crippen molar-refractivity contribution in [2.45, 2.75) is 64.4 Å². The second kappa shape index (κ2) is 11.0. The van der Waals surface area contributed by atoms with Crippen LogP contribution in [0.1, 0.15) is 58.3 Å². The number of rotatable bonds is 11. The fraction of sp³-hybridized carbons (Fsp3) is 0.846. The van der Waals surface area contributed by atoms with Crippen LogP contribution in [-0.4, -0.2) is 34.9 Å². The highest BCUT2D eigenvalue weighted by Gasteiger charge is 2.17. The molecule has 0 spiro atoms. The Bertz CT molecular complexity index is 240. The second-order valence-electron chi connectivity index (χ2n) is 4.38. The van der Waals surface area contributed by atoms with Crippen LogP contribution in [-0.2, 0) is 14.3 Å². The maximum Gasteiger partial charge on any atom is 0.334 e. The van der Waals surface area contributed by atoms with Gasteiger partial charge < -0.3 is 14.9 Å². The Kier molecular flexibility index (Phi) is 10.3. The first-order valence-corrected chi connectivity index (χ1v) is 6.64. The van der Waals surface area contributed by atoms with Crippen LogP contribution in [0.25, 0.3) is 0 Å². The van der Waals surface area contributed by atoms with E-state index in [1.165, 1.54) is 19.3 Å². The molecule has 0 unspecified atom stereocenters. The molecule has 0 saturated heterocycles. The number of unbranched alkanes of at least 4 members (excludes halogenated alkanes) is 5. The minimum absolute atomic E-state index is 0.0926. The molecule has 5 nitrogen and oxygen atoms in total. The number of carbonyl (C=O) groups excluding carboxylic acids is 1. The second-order valence-corrected chi connectivity index (χ2v) is 4.38. The summed E-state index contributed by atoms with van der Waals surface area (Å²) in [7, 11) is 0. The molecule has 0 aliphatic heterocycles. The van der Waals surface area contributed by atoms with E-state index in [-0.39, 0.29) is 12.8 Å². The van der Waals surface area contributed by atoms with Crippen LogP contribution in [0.5, 0.6) is 0 Å². The van der Waals surface area contributed by atoms with E-state index in [2.05, 4.69) is 6.92 Å². The Balaban J connectivity index is 3.43. The Morgan fingerprint density at radius 2 is 1.72 bits per heavy atom. The number of aliphatic carboxylic acids is 1. The number of hydrogen-bond donors (Lipinski definition) is 2. The molecular weight excluding hydrogens is 236 g/mol. The number of carbonyl (C=O) groups is 2. The van der Waals surface area contributed by atoms with Crippen LogP contribution < -0.4 is 0 Å². The maximum absolute atomic E-state index is 11.2. The van der Waals surface area contributed by atoms with Gasteiger partial charge in [-0.15, -0.1) is 0 Å². The zero-order valence-corrected chi connectivity index (χ0v) is 11.1. The Labute approximate surface area is 108 Å². The largest absolute Gasteiger partial charge is 0.481 e. The fourth-order valence-corrected chi connectivity index (χ4v) is 1.53. The minimum atomic E-state index is -1.32. The number of esters is 1. The fourth-order valence-electron chi connectivity index (χ4n) is 1.53. The van der Waals surface area contributed by atoms with E-state index in [0.29, 0.717) is 6.61 Å². The van der Waals surface area contributed by atoms with Crippen molar-refractivity contribution in [1.82, 2.24) is 0 Å². The van der Waals surface area contributed by atoms with Crippen LogP contribution in [0.4, 0.5) is 0 Å². The quantitative estimate of drug-likeness (QED) is 0.439. The van der Waals surface area contributed by atoms with E-state index in [0.717, 1.165) is 19.3 Å². The van der Waals surface area contributed by atoms with Gasteiger partial charge in [-0.25, -0.2) is 4.79 Å². The molecule has 0 saturated carbocycles. The van der Waals surface area contributed by atoms with Gasteiger partial charge in [0.15, 0.2) is 6.10 Å². The Morgan fingerprint density at radius 1 is 1.11 bits per heavy atom. The highest BCUT2D eigenvalue weighted by Crippen LogP contribution is 2.06. The van der Waals surface area contributed by atoms with E-state index in [1.807, 2.05) is 0 Å². The maximum atomic E-state index is 11.2. The van der Waals surface area contributed by atoms with Crippen molar-refractivity contribution in [3.8, 4) is 0 Å². The van der Waals surface area contributed by atoms with Gasteiger partial charge in [0.2, 0.25) is 0 Å². The summed E-state index contributed by atoms with van der Waals surface area (Å²) in [6.07, 6.45) is 4.93. The number of aliphatic hydroxyl groups excluding tert-OH is 1. The molecule has 0 aliphatic rings. The molecule has 0 aromatic heterocycles. The lowest BCUT2D eigenvalue weighted by Gasteiger charge is -2.09. The molecule has 0 rings (SSSR count). The zero-order chi connectivity index (χ0) is 13.8. The molecule has 0 bridgehead atoms. The molecule has 18 heavy (non-hydrogen) atoms. The summed E-state index contributed by atoms with van der Waals surface area (Å²) in [6.45, 7) is 2.45. The van der Waals surface area contributed by atoms with E-state index in [1.54, 1.807) is 0 Å². The lowest BCUT2D eigenvalue weighted by Crippen LogP contribution is -2.24. The number of ether oxygens (including phenoxy) is 1. The summed E-state index contributed by atoms with van der Waals surface area (Å²) < 4.78 is 4.86. The van der Waals surface area contributed by atoms with E-state index in [4.69, 9.17) is 9.84 Å².